The Bertz CT molecular complexity index is 398. The Hall–Kier alpha value is -1.33. The number of carbonyl (C=O) groups excluding carboxylic acids is 1. The third-order valence-corrected chi connectivity index (χ3v) is 5.97. The molecule has 2 unspecified atom stereocenters. The second kappa shape index (κ2) is 9.73. The molecule has 2 atom stereocenters. The Labute approximate surface area is 144 Å². The Morgan fingerprint density at radius 3 is 2.30 bits per heavy atom. The molecule has 0 saturated carbocycles. The van der Waals surface area contributed by atoms with Crippen LogP contribution < -0.4 is 5.73 Å². The maximum Gasteiger partial charge on any atom is 0.405 e. The van der Waals surface area contributed by atoms with E-state index in [0.29, 0.717) is 5.16 Å². The molecule has 0 aromatic carbocycles. The van der Waals surface area contributed by atoms with Gasteiger partial charge in [0.2, 0.25) is 0 Å². The molecule has 1 aliphatic rings. The molecule has 0 spiro atoms. The summed E-state index contributed by atoms with van der Waals surface area (Å²) >= 11 is 0. The standard InChI is InChI=1S/C13H23NSi.C5H11NO2/c1-4-7-12-8-11-14(10-6-3)13(12,15)9-5-2;1-5(2,3)8-4(6)7/h4-6,12H,1-3,7-11H2,15H3;1-3H3,(H2,6,7). The maximum atomic E-state index is 10.0. The first-order valence-electron chi connectivity index (χ1n) is 8.17. The highest BCUT2D eigenvalue weighted by molar-refractivity contribution is 6.15. The van der Waals surface area contributed by atoms with Gasteiger partial charge >= 0.3 is 6.09 Å². The van der Waals surface area contributed by atoms with Crippen LogP contribution in [0.25, 0.3) is 0 Å². The first-order valence-corrected chi connectivity index (χ1v) is 9.17. The predicted octanol–water partition coefficient (Wildman–Crippen LogP) is 2.59. The number of rotatable bonds is 6. The topological polar surface area (TPSA) is 55.6 Å². The number of hydrogen-bond acceptors (Lipinski definition) is 3. The van der Waals surface area contributed by atoms with E-state index in [-0.39, 0.29) is 0 Å². The van der Waals surface area contributed by atoms with E-state index < -0.39 is 11.7 Å². The molecule has 0 aliphatic carbocycles. The van der Waals surface area contributed by atoms with Gasteiger partial charge in [0.25, 0.3) is 0 Å². The summed E-state index contributed by atoms with van der Waals surface area (Å²) in [5, 5.41) is 0.393. The summed E-state index contributed by atoms with van der Waals surface area (Å²) in [5.41, 5.74) is 4.26. The first kappa shape index (κ1) is 21.7. The number of nitrogens with zero attached hydrogens (tertiary/aromatic N) is 1. The molecule has 1 fully saturated rings. The summed E-state index contributed by atoms with van der Waals surface area (Å²) < 4.78 is 4.58. The summed E-state index contributed by atoms with van der Waals surface area (Å²) in [6.45, 7) is 19.1. The van der Waals surface area contributed by atoms with Crippen molar-refractivity contribution in [3.63, 3.8) is 0 Å². The van der Waals surface area contributed by atoms with E-state index in [9.17, 15) is 4.79 Å². The fourth-order valence-corrected chi connectivity index (χ4v) is 4.27. The predicted molar refractivity (Wildman–Crippen MR) is 103 cm³/mol. The van der Waals surface area contributed by atoms with E-state index in [2.05, 4.69) is 41.5 Å². The van der Waals surface area contributed by atoms with E-state index in [1.807, 2.05) is 6.08 Å². The van der Waals surface area contributed by atoms with Crippen molar-refractivity contribution in [3.8, 4) is 0 Å². The van der Waals surface area contributed by atoms with Crippen LogP contribution in [0.15, 0.2) is 38.0 Å². The van der Waals surface area contributed by atoms with Crippen LogP contribution in [0.5, 0.6) is 0 Å². The van der Waals surface area contributed by atoms with Gasteiger partial charge in [0.15, 0.2) is 0 Å². The van der Waals surface area contributed by atoms with Gasteiger partial charge in [-0.25, -0.2) is 4.79 Å². The lowest BCUT2D eigenvalue weighted by Gasteiger charge is -2.38. The van der Waals surface area contributed by atoms with Crippen molar-refractivity contribution in [2.24, 2.45) is 11.7 Å². The largest absolute Gasteiger partial charge is 0.444 e. The minimum atomic E-state index is -0.725. The van der Waals surface area contributed by atoms with Crippen molar-refractivity contribution in [2.75, 3.05) is 13.1 Å². The van der Waals surface area contributed by atoms with Gasteiger partial charge in [-0.2, -0.15) is 0 Å². The average molecular weight is 339 g/mol. The molecule has 1 amide bonds. The number of primary amides is 1. The fraction of sp³-hybridized carbons (Fsp3) is 0.611. The zero-order valence-electron chi connectivity index (χ0n) is 15.3. The van der Waals surface area contributed by atoms with E-state index in [0.717, 1.165) is 25.3 Å². The molecule has 132 valence electrons. The molecule has 2 N–H and O–H groups in total. The quantitative estimate of drug-likeness (QED) is 0.598. The second-order valence-electron chi connectivity index (χ2n) is 7.13. The van der Waals surface area contributed by atoms with Crippen LogP contribution in [-0.4, -0.2) is 45.1 Å². The lowest BCUT2D eigenvalue weighted by molar-refractivity contribution is 0.0600. The Balaban J connectivity index is 0.000000515. The number of hydrogen-bond donors (Lipinski definition) is 1. The van der Waals surface area contributed by atoms with Crippen molar-refractivity contribution >= 4 is 16.3 Å². The third-order valence-electron chi connectivity index (χ3n) is 4.11. The normalized spacial score (nSPS) is 24.4. The lowest BCUT2D eigenvalue weighted by Crippen LogP contribution is -2.48. The van der Waals surface area contributed by atoms with E-state index in [1.54, 1.807) is 20.8 Å². The molecule has 5 heteroatoms. The van der Waals surface area contributed by atoms with Crippen LogP contribution in [0, 0.1) is 5.92 Å². The number of amides is 1. The van der Waals surface area contributed by atoms with Gasteiger partial charge in [-0.3, -0.25) is 4.90 Å². The van der Waals surface area contributed by atoms with Crippen LogP contribution in [-0.2, 0) is 4.74 Å². The molecule has 1 saturated heterocycles. The molecule has 1 heterocycles. The third kappa shape index (κ3) is 7.66. The molecule has 1 rings (SSSR count). The van der Waals surface area contributed by atoms with Crippen LogP contribution in [0.2, 0.25) is 0 Å². The fourth-order valence-electron chi connectivity index (χ4n) is 3.05. The van der Waals surface area contributed by atoms with Crippen molar-refractivity contribution in [2.45, 2.75) is 50.8 Å². The number of ether oxygens (including phenoxy) is 1. The van der Waals surface area contributed by atoms with Gasteiger partial charge in [0, 0.05) is 21.9 Å². The maximum absolute atomic E-state index is 10.0. The highest BCUT2D eigenvalue weighted by Crippen LogP contribution is 2.37. The minimum absolute atomic E-state index is 0.393. The minimum Gasteiger partial charge on any atom is -0.444 e. The molecule has 1 aliphatic heterocycles. The van der Waals surface area contributed by atoms with Gasteiger partial charge in [-0.05, 0) is 52.5 Å². The molecular formula is C18H34N2O2Si. The van der Waals surface area contributed by atoms with Crippen molar-refractivity contribution in [1.82, 2.24) is 4.90 Å². The average Bonchev–Trinajstić information content (AvgIpc) is 2.67. The molecule has 4 nitrogen and oxygen atoms in total. The zero-order valence-corrected chi connectivity index (χ0v) is 17.3. The lowest BCUT2D eigenvalue weighted by atomic mass is 9.93. The first-order chi connectivity index (χ1) is 10.6. The highest BCUT2D eigenvalue weighted by atomic mass is 28.1. The molecule has 0 bridgehead atoms. The van der Waals surface area contributed by atoms with Crippen molar-refractivity contribution in [3.05, 3.63) is 38.0 Å². The van der Waals surface area contributed by atoms with Gasteiger partial charge in [0.05, 0.1) is 0 Å². The number of allylic oxidation sites excluding steroid dienone is 1. The van der Waals surface area contributed by atoms with Crippen molar-refractivity contribution in [1.29, 1.82) is 0 Å². The SMILES string of the molecule is C=CCC1CCN(CC=C)C1([SiH3])CC=C.CC(C)(C)OC(N)=O. The summed E-state index contributed by atoms with van der Waals surface area (Å²) in [4.78, 5) is 12.6. The molecule has 0 radical (unpaired) electrons. The van der Waals surface area contributed by atoms with Crippen molar-refractivity contribution < 1.29 is 9.53 Å². The van der Waals surface area contributed by atoms with Gasteiger partial charge in [0.1, 0.15) is 5.60 Å². The van der Waals surface area contributed by atoms with Crippen LogP contribution >= 0.6 is 0 Å². The highest BCUT2D eigenvalue weighted by Gasteiger charge is 2.42. The summed E-state index contributed by atoms with van der Waals surface area (Å²) in [6.07, 6.45) is 9.00. The summed E-state index contributed by atoms with van der Waals surface area (Å²) in [6, 6.07) is 0. The Morgan fingerprint density at radius 1 is 1.35 bits per heavy atom. The van der Waals surface area contributed by atoms with Crippen LogP contribution in [0.4, 0.5) is 4.79 Å². The van der Waals surface area contributed by atoms with Crippen LogP contribution in [0.3, 0.4) is 0 Å². The molecule has 23 heavy (non-hydrogen) atoms. The monoisotopic (exact) mass is 338 g/mol. The van der Waals surface area contributed by atoms with Gasteiger partial charge < -0.3 is 10.5 Å². The van der Waals surface area contributed by atoms with E-state index in [1.165, 1.54) is 23.2 Å². The second-order valence-corrected chi connectivity index (χ2v) is 8.86. The zero-order chi connectivity index (χ0) is 18.1. The molecule has 0 aromatic rings. The summed E-state index contributed by atoms with van der Waals surface area (Å²) in [5.74, 6) is 0.777. The summed E-state index contributed by atoms with van der Waals surface area (Å²) in [7, 11) is 1.20. The Morgan fingerprint density at radius 2 is 1.96 bits per heavy atom. The number of nitrogens with two attached hydrogens (primary N) is 1. The van der Waals surface area contributed by atoms with Gasteiger partial charge in [-0.1, -0.05) is 18.2 Å². The number of likely N-dealkylation sites (tertiary alicyclic amines) is 1. The molecule has 0 aromatic heterocycles. The van der Waals surface area contributed by atoms with Crippen LogP contribution in [0.1, 0.15) is 40.0 Å². The van der Waals surface area contributed by atoms with E-state index in [4.69, 9.17) is 5.73 Å². The Kier molecular flexibility index (Phi) is 9.16. The van der Waals surface area contributed by atoms with E-state index >= 15 is 0 Å². The smallest absolute Gasteiger partial charge is 0.405 e. The molecular weight excluding hydrogens is 304 g/mol. The van der Waals surface area contributed by atoms with Gasteiger partial charge in [-0.15, -0.1) is 19.7 Å². The number of carbonyl (C=O) groups is 1.